The van der Waals surface area contributed by atoms with Crippen molar-refractivity contribution < 1.29 is 52.8 Å². The molecule has 8 rings (SSSR count). The Morgan fingerprint density at radius 3 is 2.41 bits per heavy atom. The molecule has 14 nitrogen and oxygen atoms in total. The number of nitrogens with one attached hydrogen (secondary N) is 2. The van der Waals surface area contributed by atoms with Gasteiger partial charge in [0.2, 0.25) is 5.91 Å². The molecule has 0 radical (unpaired) electrons. The predicted molar refractivity (Wildman–Crippen MR) is 245 cm³/mol. The molecule has 14 heteroatoms. The maximum absolute atomic E-state index is 15.1. The molecule has 2 aliphatic carbocycles. The predicted octanol–water partition coefficient (Wildman–Crippen LogP) is 7.24. The fourth-order valence-electron chi connectivity index (χ4n) is 10.9. The Balaban J connectivity index is 1.02. The van der Waals surface area contributed by atoms with Gasteiger partial charge in [-0.1, -0.05) is 88.1 Å². The van der Waals surface area contributed by atoms with Crippen LogP contribution in [0.4, 0.5) is 0 Å². The number of hydrogen-bond acceptors (Lipinski definition) is 12. The maximum Gasteiger partial charge on any atom is 0.327 e. The van der Waals surface area contributed by atoms with Gasteiger partial charge < -0.3 is 39.4 Å². The second kappa shape index (κ2) is 20.6. The third-order valence-corrected chi connectivity index (χ3v) is 14.2. The number of benzene rings is 2. The molecule has 4 saturated heterocycles. The van der Waals surface area contributed by atoms with Gasteiger partial charge in [0, 0.05) is 37.8 Å². The number of ether oxygens (including phenoxy) is 5. The Labute approximate surface area is 389 Å². The van der Waals surface area contributed by atoms with Crippen LogP contribution in [0.2, 0.25) is 0 Å². The quantitative estimate of drug-likeness (QED) is 0.0652. The number of fused-ring (bicyclic) bond motifs is 5. The molecule has 360 valence electrons. The summed E-state index contributed by atoms with van der Waals surface area (Å²) in [5.74, 6) is -2.14. The van der Waals surface area contributed by atoms with E-state index in [1.165, 1.54) is 0 Å². The first-order valence-electron chi connectivity index (χ1n) is 24.7. The number of esters is 2. The minimum absolute atomic E-state index is 0.0345. The summed E-state index contributed by atoms with van der Waals surface area (Å²) >= 11 is 0. The fourth-order valence-corrected chi connectivity index (χ4v) is 10.9. The largest absolute Gasteiger partial charge is 0.460 e. The summed E-state index contributed by atoms with van der Waals surface area (Å²) in [6.07, 6.45) is 13.6. The van der Waals surface area contributed by atoms with Crippen molar-refractivity contribution in [2.24, 2.45) is 11.3 Å². The molecule has 2 aromatic carbocycles. The summed E-state index contributed by atoms with van der Waals surface area (Å²) in [4.78, 5) is 62.2. The molecule has 0 aromatic heterocycles. The van der Waals surface area contributed by atoms with Crippen LogP contribution in [0.25, 0.3) is 6.08 Å². The summed E-state index contributed by atoms with van der Waals surface area (Å²) < 4.78 is 31.4. The van der Waals surface area contributed by atoms with Crippen LogP contribution >= 0.6 is 0 Å². The van der Waals surface area contributed by atoms with Gasteiger partial charge in [-0.2, -0.15) is 5.06 Å². The number of carbonyl (C=O) groups excluding carboxylic acids is 4. The Bertz CT molecular complexity index is 2080. The average molecular weight is 914 g/mol. The van der Waals surface area contributed by atoms with Gasteiger partial charge in [-0.25, -0.2) is 0 Å². The monoisotopic (exact) mass is 914 g/mol. The van der Waals surface area contributed by atoms with Gasteiger partial charge in [0.15, 0.2) is 11.8 Å². The maximum atomic E-state index is 15.1. The van der Waals surface area contributed by atoms with Crippen LogP contribution in [0.15, 0.2) is 54.6 Å². The van der Waals surface area contributed by atoms with Crippen LogP contribution in [-0.2, 0) is 56.0 Å². The van der Waals surface area contributed by atoms with E-state index in [1.807, 2.05) is 18.2 Å². The van der Waals surface area contributed by atoms with Crippen molar-refractivity contribution in [3.63, 3.8) is 0 Å². The van der Waals surface area contributed by atoms with Crippen LogP contribution in [0, 0.1) is 11.3 Å². The summed E-state index contributed by atoms with van der Waals surface area (Å²) in [5, 5.41) is 17.6. The van der Waals surface area contributed by atoms with E-state index in [2.05, 4.69) is 48.8 Å². The Kier molecular flexibility index (Phi) is 15.1. The number of hydrogen-bond donors (Lipinski definition) is 3. The number of epoxide rings is 1. The Morgan fingerprint density at radius 2 is 1.68 bits per heavy atom. The average Bonchev–Trinajstić information content (AvgIpc) is 3.84. The number of carbonyl (C=O) groups is 4. The SMILES string of the molecule is CCCCCC1(CCCCC)OC2C3CC4(C(=O)NCc5cccc(C(=O)NC(CO)CCC(=O)OC(C)(C)C)c5)C(ON(Cc5cccc(C=CC6CCC7OC7C6)c5)C4C(=O)O3)C2O1. The van der Waals surface area contributed by atoms with Crippen molar-refractivity contribution in [3.8, 4) is 0 Å². The van der Waals surface area contributed by atoms with Crippen molar-refractivity contribution in [2.75, 3.05) is 6.61 Å². The lowest BCUT2D eigenvalue weighted by Gasteiger charge is -2.48. The van der Waals surface area contributed by atoms with Gasteiger partial charge in [-0.3, -0.25) is 24.0 Å². The summed E-state index contributed by atoms with van der Waals surface area (Å²) in [7, 11) is 0. The van der Waals surface area contributed by atoms with Crippen molar-refractivity contribution in [1.29, 1.82) is 0 Å². The van der Waals surface area contributed by atoms with Gasteiger partial charge in [-0.15, -0.1) is 0 Å². The molecule has 2 amide bonds. The van der Waals surface area contributed by atoms with E-state index < -0.39 is 71.1 Å². The van der Waals surface area contributed by atoms with Gasteiger partial charge in [0.1, 0.15) is 35.4 Å². The van der Waals surface area contributed by atoms with Crippen molar-refractivity contribution in [2.45, 2.75) is 198 Å². The molecule has 66 heavy (non-hydrogen) atoms. The number of allylic oxidation sites excluding steroid dienone is 1. The molecule has 2 saturated carbocycles. The van der Waals surface area contributed by atoms with Crippen LogP contribution < -0.4 is 10.6 Å². The first-order valence-corrected chi connectivity index (χ1v) is 24.7. The fraction of sp³-hybridized carbons (Fsp3) is 0.654. The number of aliphatic hydroxyl groups is 1. The number of amides is 2. The minimum Gasteiger partial charge on any atom is -0.460 e. The number of nitrogens with zero attached hydrogens (tertiary/aromatic N) is 1. The van der Waals surface area contributed by atoms with Crippen molar-refractivity contribution >= 4 is 29.8 Å². The van der Waals surface area contributed by atoms with Gasteiger partial charge in [-0.05, 0) is 94.0 Å². The first kappa shape index (κ1) is 48.3. The second-order valence-corrected chi connectivity index (χ2v) is 20.5. The van der Waals surface area contributed by atoms with E-state index in [9.17, 15) is 19.5 Å². The summed E-state index contributed by atoms with van der Waals surface area (Å²) in [5.41, 5.74) is 0.942. The normalized spacial score (nSPS) is 30.0. The van der Waals surface area contributed by atoms with E-state index in [0.717, 1.165) is 68.9 Å². The third kappa shape index (κ3) is 10.9. The molecule has 4 heterocycles. The highest BCUT2D eigenvalue weighted by atomic mass is 16.8. The molecule has 4 aliphatic heterocycles. The van der Waals surface area contributed by atoms with E-state index in [0.29, 0.717) is 42.1 Å². The molecule has 6 aliphatic rings. The molecular formula is C52H71N3O11. The van der Waals surface area contributed by atoms with E-state index in [1.54, 1.807) is 44.0 Å². The van der Waals surface area contributed by atoms with Crippen LogP contribution in [0.1, 0.15) is 152 Å². The van der Waals surface area contributed by atoms with Gasteiger partial charge >= 0.3 is 11.9 Å². The Hall–Kier alpha value is -4.18. The number of hydroxylamine groups is 2. The molecule has 3 N–H and O–H groups in total. The zero-order valence-corrected chi connectivity index (χ0v) is 39.5. The zero-order chi connectivity index (χ0) is 46.6. The molecule has 6 fully saturated rings. The van der Waals surface area contributed by atoms with Crippen LogP contribution in [0.5, 0.6) is 0 Å². The molecule has 2 bridgehead atoms. The Morgan fingerprint density at radius 1 is 0.939 bits per heavy atom. The molecular weight excluding hydrogens is 843 g/mol. The smallest absolute Gasteiger partial charge is 0.327 e. The molecule has 0 spiro atoms. The molecule has 2 aromatic rings. The number of unbranched alkanes of at least 4 members (excludes halogenated alkanes) is 4. The highest BCUT2D eigenvalue weighted by molar-refractivity contribution is 5.95. The highest BCUT2D eigenvalue weighted by Crippen LogP contribution is 2.58. The van der Waals surface area contributed by atoms with E-state index >= 15 is 4.79 Å². The highest BCUT2D eigenvalue weighted by Gasteiger charge is 2.76. The number of rotatable bonds is 21. The van der Waals surface area contributed by atoms with Crippen molar-refractivity contribution in [3.05, 3.63) is 76.9 Å². The molecule has 10 unspecified atom stereocenters. The summed E-state index contributed by atoms with van der Waals surface area (Å²) in [6, 6.07) is 13.3. The van der Waals surface area contributed by atoms with Crippen LogP contribution in [-0.4, -0.2) is 101 Å². The topological polar surface area (TPSA) is 174 Å². The van der Waals surface area contributed by atoms with Crippen molar-refractivity contribution in [1.82, 2.24) is 15.7 Å². The van der Waals surface area contributed by atoms with Gasteiger partial charge in [0.05, 0.1) is 31.4 Å². The third-order valence-electron chi connectivity index (χ3n) is 14.2. The second-order valence-electron chi connectivity index (χ2n) is 20.5. The lowest BCUT2D eigenvalue weighted by Crippen LogP contribution is -2.69. The number of aliphatic hydroxyl groups excluding tert-OH is 1. The van der Waals surface area contributed by atoms with E-state index in [-0.39, 0.29) is 44.9 Å². The van der Waals surface area contributed by atoms with E-state index in [4.69, 9.17) is 28.5 Å². The lowest BCUT2D eigenvalue weighted by molar-refractivity contribution is -0.224. The minimum atomic E-state index is -1.37. The lowest BCUT2D eigenvalue weighted by atomic mass is 9.62. The first-order chi connectivity index (χ1) is 31.7. The van der Waals surface area contributed by atoms with Gasteiger partial charge in [0.25, 0.3) is 5.91 Å². The summed E-state index contributed by atoms with van der Waals surface area (Å²) in [6.45, 7) is 9.63. The van der Waals surface area contributed by atoms with Crippen LogP contribution in [0.3, 0.4) is 0 Å². The standard InChI is InChI=1S/C52H71N3O11/c1-6-8-10-24-51(25-11-9-7-2)64-43-41-29-52(49(60)53-30-35-15-13-17-37(27-35)47(58)54-38(32-56)21-23-42(57)63-50(3,4)5)45(48(59)62-41)55(66-46(52)44(43)65-51)31-36-16-12-14-33(26-36)18-19-34-20-22-39-40(28-34)61-39/h12-19,26-27,34,38-41,43-46,56H,6-11,20-25,28-32H2,1-5H3,(H,53,60)(H,54,58). The zero-order valence-electron chi connectivity index (χ0n) is 39.5. The molecule has 10 atom stereocenters.